The molecule has 2 unspecified atom stereocenters. The molecule has 0 fully saturated rings. The number of amides is 2. The Morgan fingerprint density at radius 1 is 0.575 bits per heavy atom. The summed E-state index contributed by atoms with van der Waals surface area (Å²) in [6.07, 6.45) is 20.9. The summed E-state index contributed by atoms with van der Waals surface area (Å²) in [6, 6.07) is 31.4. The van der Waals surface area contributed by atoms with Crippen molar-refractivity contribution in [1.82, 2.24) is 5.32 Å². The van der Waals surface area contributed by atoms with Gasteiger partial charge >= 0.3 is 0 Å². The predicted molar refractivity (Wildman–Crippen MR) is 333 cm³/mol. The highest BCUT2D eigenvalue weighted by Gasteiger charge is 2.36. The number of benzene rings is 5. The van der Waals surface area contributed by atoms with Crippen LogP contribution in [0.5, 0.6) is 0 Å². The molecule has 422 valence electrons. The molecule has 7 rings (SSSR count). The van der Waals surface area contributed by atoms with Crippen molar-refractivity contribution in [2.75, 3.05) is 23.3 Å². The summed E-state index contributed by atoms with van der Waals surface area (Å²) < 4.78 is 2.33. The van der Waals surface area contributed by atoms with Gasteiger partial charge < -0.3 is 20.6 Å². The molecule has 2 amide bonds. The molecule has 0 heterocycles. The fraction of sp³-hybridized carbons (Fsp3) is 0.417. The van der Waals surface area contributed by atoms with Crippen LogP contribution in [0.25, 0.3) is 5.57 Å². The first-order valence-electron chi connectivity index (χ1n) is 30.2. The molecule has 2 aliphatic carbocycles. The van der Waals surface area contributed by atoms with E-state index in [4.69, 9.17) is 0 Å². The molecule has 80 heavy (non-hydrogen) atoms. The fourth-order valence-corrected chi connectivity index (χ4v) is 11.9. The summed E-state index contributed by atoms with van der Waals surface area (Å²) in [7, 11) is 0. The number of allylic oxidation sites excluding steroid dienone is 5. The smallest absolute Gasteiger partial charge is 0.256 e. The predicted octanol–water partition coefficient (Wildman–Crippen LogP) is 16.7. The molecule has 8 nitrogen and oxygen atoms in total. The Morgan fingerprint density at radius 2 is 1.07 bits per heavy atom. The SMILES string of the molecule is CCCCc1ccc(N(CC(CC)CCCC)c2ccc(C3=C([O-])/C(=C4C=C/C(=[N+](\CC(CC)CCCC)c5ccc(CCCC)cc5)C=C/4NC(=O)c4c(C)cc(C)cc4C)C3=O)c(NC(=O)c3c(C)cc(C)cc3C)c2)cc1. The van der Waals surface area contributed by atoms with Gasteiger partial charge in [0.15, 0.2) is 12.3 Å². The molecule has 0 aliphatic heterocycles. The maximum absolute atomic E-state index is 15.2. The molecule has 0 saturated heterocycles. The largest absolute Gasteiger partial charge is 0.871 e. The van der Waals surface area contributed by atoms with Crippen molar-refractivity contribution >= 4 is 51.6 Å². The van der Waals surface area contributed by atoms with Gasteiger partial charge in [-0.2, -0.15) is 4.58 Å². The van der Waals surface area contributed by atoms with Crippen molar-refractivity contribution in [3.63, 3.8) is 0 Å². The van der Waals surface area contributed by atoms with Gasteiger partial charge in [0.05, 0.1) is 11.4 Å². The molecule has 0 spiro atoms. The second-order valence-corrected chi connectivity index (χ2v) is 22.9. The van der Waals surface area contributed by atoms with Crippen LogP contribution in [0.4, 0.5) is 22.7 Å². The standard InChI is InChI=1S/C72H90N4O4/c1-13-19-23-53(17-5)45-75(57-31-27-55(28-32-57)25-21-15-3)59-35-37-61(63(43-59)73-71(79)65-49(9)39-47(7)40-50(65)10)67-69(77)68(70(67)78)62-38-36-60(44-64(62)74-72(80)66-51(11)41-48(8)42-52(66)12)76(46-54(18-6)24-20-14-2)58-33-29-56(30-34-58)26-22-16-4/h27-44,53-54H,13-26,45-46H2,1-12H3,(H2,73,74,77,78,79,80). The number of aryl methyl sites for hydroxylation is 8. The molecular formula is C72H90N4O4. The number of ketones is 1. The van der Waals surface area contributed by atoms with E-state index in [0.717, 1.165) is 159 Å². The van der Waals surface area contributed by atoms with Crippen LogP contribution in [0.2, 0.25) is 0 Å². The number of rotatable bonds is 26. The Balaban J connectivity index is 1.41. The van der Waals surface area contributed by atoms with Crippen molar-refractivity contribution < 1.29 is 24.1 Å². The third-order valence-corrected chi connectivity index (χ3v) is 16.5. The van der Waals surface area contributed by atoms with Crippen LogP contribution in [0.1, 0.15) is 189 Å². The van der Waals surface area contributed by atoms with E-state index in [0.29, 0.717) is 45.5 Å². The van der Waals surface area contributed by atoms with Gasteiger partial charge in [0.2, 0.25) is 11.4 Å². The molecule has 5 aromatic rings. The highest BCUT2D eigenvalue weighted by molar-refractivity contribution is 6.40. The zero-order valence-electron chi connectivity index (χ0n) is 50.4. The molecule has 0 aromatic heterocycles. The van der Waals surface area contributed by atoms with Crippen molar-refractivity contribution in [2.24, 2.45) is 11.8 Å². The van der Waals surface area contributed by atoms with E-state index in [2.05, 4.69) is 110 Å². The first kappa shape index (κ1) is 60.6. The third kappa shape index (κ3) is 14.5. The zero-order chi connectivity index (χ0) is 57.6. The van der Waals surface area contributed by atoms with Crippen LogP contribution in [0.15, 0.2) is 132 Å². The maximum atomic E-state index is 15.2. The average Bonchev–Trinajstić information content (AvgIpc) is 3.56. The van der Waals surface area contributed by atoms with Crippen LogP contribution in [-0.4, -0.2) is 41.0 Å². The summed E-state index contributed by atoms with van der Waals surface area (Å²) in [5.74, 6) is -0.700. The first-order valence-corrected chi connectivity index (χ1v) is 30.2. The molecule has 2 aliphatic rings. The molecule has 8 heteroatoms. The average molecular weight is 1080 g/mol. The second-order valence-electron chi connectivity index (χ2n) is 22.9. The Labute approximate surface area is 479 Å². The van der Waals surface area contributed by atoms with E-state index in [1.165, 1.54) is 11.1 Å². The number of nitrogens with zero attached hydrogens (tertiary/aromatic N) is 2. The van der Waals surface area contributed by atoms with Gasteiger partial charge in [-0.25, -0.2) is 0 Å². The van der Waals surface area contributed by atoms with E-state index in [1.54, 1.807) is 0 Å². The van der Waals surface area contributed by atoms with E-state index >= 15 is 9.90 Å². The van der Waals surface area contributed by atoms with Gasteiger partial charge in [0.1, 0.15) is 0 Å². The normalized spacial score (nSPS) is 15.6. The number of anilines is 3. The molecule has 0 bridgehead atoms. The number of carbonyl (C=O) groups is 3. The van der Waals surface area contributed by atoms with Gasteiger partial charge in [-0.05, 0) is 156 Å². The number of hydrogen-bond acceptors (Lipinski definition) is 5. The first-order chi connectivity index (χ1) is 38.5. The van der Waals surface area contributed by atoms with E-state index in [1.807, 2.05) is 102 Å². The van der Waals surface area contributed by atoms with Crippen LogP contribution >= 0.6 is 0 Å². The fourth-order valence-electron chi connectivity index (χ4n) is 11.9. The Bertz CT molecular complexity index is 3160. The number of unbranched alkanes of at least 4 members (excludes halogenated alkanes) is 4. The second kappa shape index (κ2) is 28.4. The molecule has 2 N–H and O–H groups in total. The quantitative estimate of drug-likeness (QED) is 0.0424. The van der Waals surface area contributed by atoms with Crippen LogP contribution in [0.3, 0.4) is 0 Å². The Kier molecular flexibility index (Phi) is 21.5. The van der Waals surface area contributed by atoms with Crippen molar-refractivity contribution in [1.29, 1.82) is 0 Å². The summed E-state index contributed by atoms with van der Waals surface area (Å²) in [5.41, 5.74) is 14.4. The molecule has 2 atom stereocenters. The summed E-state index contributed by atoms with van der Waals surface area (Å²) in [6.45, 7) is 26.7. The molecule has 5 aromatic carbocycles. The lowest BCUT2D eigenvalue weighted by Crippen LogP contribution is -2.34. The van der Waals surface area contributed by atoms with Gasteiger partial charge in [0, 0.05) is 81.5 Å². The highest BCUT2D eigenvalue weighted by atomic mass is 16.3. The van der Waals surface area contributed by atoms with Crippen LogP contribution < -0.4 is 20.6 Å². The molecule has 0 saturated carbocycles. The minimum Gasteiger partial charge on any atom is -0.871 e. The van der Waals surface area contributed by atoms with Crippen molar-refractivity contribution in [2.45, 2.75) is 173 Å². The van der Waals surface area contributed by atoms with Crippen LogP contribution in [0, 0.1) is 53.4 Å². The number of hydrogen-bond donors (Lipinski definition) is 2. The number of Topliss-reactive ketones (excluding diaryl/α,β-unsaturated/α-hetero) is 1. The lowest BCUT2D eigenvalue weighted by atomic mass is 9.78. The molecular weight excluding hydrogens is 985 g/mol. The van der Waals surface area contributed by atoms with Gasteiger partial charge in [-0.3, -0.25) is 14.4 Å². The zero-order valence-corrected chi connectivity index (χ0v) is 50.4. The van der Waals surface area contributed by atoms with Crippen molar-refractivity contribution in [3.05, 3.63) is 193 Å². The molecule has 0 radical (unpaired) electrons. The lowest BCUT2D eigenvalue weighted by Gasteiger charge is -2.35. The monoisotopic (exact) mass is 1070 g/mol. The Hall–Kier alpha value is -7.06. The van der Waals surface area contributed by atoms with E-state index in [9.17, 15) is 9.59 Å². The minimum atomic E-state index is -0.442. The highest BCUT2D eigenvalue weighted by Crippen LogP contribution is 2.44. The van der Waals surface area contributed by atoms with E-state index in [-0.39, 0.29) is 23.0 Å². The summed E-state index contributed by atoms with van der Waals surface area (Å²) >= 11 is 0. The minimum absolute atomic E-state index is 0.00140. The summed E-state index contributed by atoms with van der Waals surface area (Å²) in [4.78, 5) is 46.9. The third-order valence-electron chi connectivity index (χ3n) is 16.5. The van der Waals surface area contributed by atoms with Crippen molar-refractivity contribution in [3.8, 4) is 0 Å². The van der Waals surface area contributed by atoms with E-state index < -0.39 is 11.5 Å². The number of nitrogens with one attached hydrogen (secondary N) is 2. The van der Waals surface area contributed by atoms with Gasteiger partial charge in [-0.1, -0.05) is 158 Å². The topological polar surface area (TPSA) is 105 Å². The van der Waals surface area contributed by atoms with Gasteiger partial charge in [-0.15, -0.1) is 0 Å². The summed E-state index contributed by atoms with van der Waals surface area (Å²) in [5, 5.41) is 21.7. The maximum Gasteiger partial charge on any atom is 0.256 e. The van der Waals surface area contributed by atoms with Gasteiger partial charge in [0.25, 0.3) is 11.8 Å². The van der Waals surface area contributed by atoms with Crippen LogP contribution in [-0.2, 0) is 17.6 Å². The number of carbonyl (C=O) groups excluding carboxylic acids is 3. The Morgan fingerprint density at radius 3 is 1.59 bits per heavy atom. The lowest BCUT2D eigenvalue weighted by molar-refractivity contribution is -0.448.